The Morgan fingerprint density at radius 3 is 1.31 bits per heavy atom. The third-order valence-electron chi connectivity index (χ3n) is 16.1. The lowest BCUT2D eigenvalue weighted by molar-refractivity contribution is -0.138. The van der Waals surface area contributed by atoms with Gasteiger partial charge in [0.25, 0.3) is 5.91 Å². The molecular formula is C74H78F6N14O11. The number of rotatable bonds is 17. The molecule has 25 nitrogen and oxygen atoms in total. The van der Waals surface area contributed by atoms with Gasteiger partial charge in [0.05, 0.1) is 44.0 Å². The number of hydrogen-bond donors (Lipinski definition) is 5. The number of nitrogen functional groups attached to an aromatic ring is 1. The predicted molar refractivity (Wildman–Crippen MR) is 379 cm³/mol. The number of nitrogens with one attached hydrogen (secondary N) is 3. The number of piperidine rings is 2. The summed E-state index contributed by atoms with van der Waals surface area (Å²) in [5.41, 5.74) is 5.71. The zero-order chi connectivity index (χ0) is 75.4. The minimum atomic E-state index is -4.57. The first-order valence-corrected chi connectivity index (χ1v) is 33.2. The highest BCUT2D eigenvalue weighted by molar-refractivity contribution is 6.04. The highest BCUT2D eigenvalue weighted by Crippen LogP contribution is 2.40. The number of hydrogen-bond acceptors (Lipinski definition) is 19. The van der Waals surface area contributed by atoms with Gasteiger partial charge in [0.15, 0.2) is 22.9 Å². The molecule has 0 radical (unpaired) electrons. The van der Waals surface area contributed by atoms with E-state index in [1.54, 1.807) is 67.7 Å². The Hall–Kier alpha value is -11.9. The molecule has 2 aliphatic heterocycles. The number of nitrogens with zero attached hydrogens (tertiary/aromatic N) is 10. The fourth-order valence-corrected chi connectivity index (χ4v) is 11.3. The van der Waals surface area contributed by atoms with Crippen molar-refractivity contribution < 1.29 is 79.0 Å². The Balaban J connectivity index is 0.000000199. The number of carboxylic acids is 1. The van der Waals surface area contributed by atoms with E-state index in [0.717, 1.165) is 96.9 Å². The number of benzene rings is 4. The van der Waals surface area contributed by atoms with Crippen molar-refractivity contribution in [1.82, 2.24) is 50.1 Å². The van der Waals surface area contributed by atoms with Crippen LogP contribution in [0.15, 0.2) is 158 Å². The molecular weight excluding hydrogens is 1370 g/mol. The van der Waals surface area contributed by atoms with Gasteiger partial charge in [-0.3, -0.25) is 4.79 Å². The molecule has 6 N–H and O–H groups in total. The molecule has 12 rings (SSSR count). The van der Waals surface area contributed by atoms with Gasteiger partial charge < -0.3 is 65.0 Å². The van der Waals surface area contributed by atoms with E-state index in [1.807, 2.05) is 94.8 Å². The van der Waals surface area contributed by atoms with Gasteiger partial charge in [0.2, 0.25) is 0 Å². The molecule has 0 unspecified atom stereocenters. The second kappa shape index (κ2) is 32.6. The van der Waals surface area contributed by atoms with Crippen molar-refractivity contribution in [2.45, 2.75) is 116 Å². The summed E-state index contributed by atoms with van der Waals surface area (Å²) < 4.78 is 113. The molecule has 6 aromatic heterocycles. The summed E-state index contributed by atoms with van der Waals surface area (Å²) in [6.45, 7) is 14.3. The Bertz CT molecular complexity index is 4660. The van der Waals surface area contributed by atoms with Crippen LogP contribution in [0.5, 0.6) is 34.5 Å². The molecule has 3 amide bonds. The number of fused-ring (bicyclic) bond motifs is 2. The Labute approximate surface area is 599 Å². The molecule has 2 aliphatic rings. The number of halogens is 6. The normalized spacial score (nSPS) is 14.7. The van der Waals surface area contributed by atoms with Crippen LogP contribution in [-0.2, 0) is 34.9 Å². The minimum Gasteiger partial charge on any atom is -0.497 e. The first kappa shape index (κ1) is 75.7. The Morgan fingerprint density at radius 2 is 0.924 bits per heavy atom. The lowest BCUT2D eigenvalue weighted by Gasteiger charge is -2.34. The number of alkyl carbamates (subject to hydrolysis) is 2. The molecule has 2 atom stereocenters. The number of nitrogens with two attached hydrogens (primary N) is 1. The molecule has 105 heavy (non-hydrogen) atoms. The highest BCUT2D eigenvalue weighted by atomic mass is 19.4. The highest BCUT2D eigenvalue weighted by Gasteiger charge is 2.34. The lowest BCUT2D eigenvalue weighted by atomic mass is 10.1. The number of amides is 3. The fourth-order valence-electron chi connectivity index (χ4n) is 11.3. The van der Waals surface area contributed by atoms with Crippen LogP contribution in [-0.4, -0.2) is 132 Å². The maximum atomic E-state index is 13.1. The average Bonchev–Trinajstić information content (AvgIpc) is 1.62. The van der Waals surface area contributed by atoms with Gasteiger partial charge in [-0.05, 0) is 175 Å². The molecule has 0 spiro atoms. The van der Waals surface area contributed by atoms with E-state index >= 15 is 0 Å². The summed E-state index contributed by atoms with van der Waals surface area (Å²) >= 11 is 0. The molecule has 31 heteroatoms. The van der Waals surface area contributed by atoms with Crippen LogP contribution >= 0.6 is 0 Å². The average molecular weight is 1450 g/mol. The summed E-state index contributed by atoms with van der Waals surface area (Å²) in [6.07, 6.45) is -1.30. The number of pyridine rings is 4. The molecule has 2 fully saturated rings. The summed E-state index contributed by atoms with van der Waals surface area (Å²) in [5.74, 6) is 2.74. The first-order valence-electron chi connectivity index (χ1n) is 33.2. The van der Waals surface area contributed by atoms with Crippen molar-refractivity contribution in [3.05, 3.63) is 192 Å². The summed E-state index contributed by atoms with van der Waals surface area (Å²) in [4.78, 5) is 70.2. The molecule has 552 valence electrons. The number of aromatic nitrogens is 8. The fraction of sp³-hybridized carbons (Fsp3) is 0.324. The smallest absolute Gasteiger partial charge is 0.416 e. The van der Waals surface area contributed by atoms with Crippen molar-refractivity contribution in [2.24, 2.45) is 0 Å². The van der Waals surface area contributed by atoms with E-state index in [0.29, 0.717) is 84.0 Å². The van der Waals surface area contributed by atoms with Gasteiger partial charge in [-0.15, -0.1) is 0 Å². The number of ether oxygens (including phenoxy) is 6. The van der Waals surface area contributed by atoms with Gasteiger partial charge in [-0.25, -0.2) is 43.7 Å². The van der Waals surface area contributed by atoms with Crippen molar-refractivity contribution in [1.29, 1.82) is 0 Å². The predicted octanol–water partition coefficient (Wildman–Crippen LogP) is 14.6. The molecule has 4 aromatic carbocycles. The maximum Gasteiger partial charge on any atom is 0.416 e. The van der Waals surface area contributed by atoms with E-state index in [9.17, 15) is 50.6 Å². The standard InChI is InChI=1S/C37H38F3N7O5.C31H35N5O6.C6H5F3N2/c1-36(2,3)52-35(49)43-26-6-5-19-46(22-26)33-31-29(16-18-42-32(31)47(45-33)21-23-7-11-27(50-4)12-8-23)51-28-13-9-24(10-14-28)34(48)44-30-20-25(15-17-41-30)37(38,39)40;1-31(2,3)42-30(39)33-22-6-5-17-35(19-22)28-26-25(41-24-13-9-21(10-14-24)29(37)38)15-16-32-27(26)36(34-28)18-20-7-11-23(40-4)12-8-20;7-6(8,9)4-1-2-11-5(10)3-4/h7-18,20,26H,5-6,19,21-22H2,1-4H3,(H,43,49)(H,41,44,48);7-16,22H,5-6,17-19H2,1-4H3,(H,33,39)(H,37,38);1-3H,(H2,10,11)/t26-;22-;/m11./s1. The van der Waals surface area contributed by atoms with E-state index in [-0.39, 0.29) is 34.8 Å². The maximum absolute atomic E-state index is 13.1. The van der Waals surface area contributed by atoms with Crippen LogP contribution in [0.2, 0.25) is 0 Å². The van der Waals surface area contributed by atoms with Crippen LogP contribution in [0.4, 0.5) is 59.2 Å². The Kier molecular flexibility index (Phi) is 23.5. The van der Waals surface area contributed by atoms with E-state index in [2.05, 4.69) is 45.7 Å². The van der Waals surface area contributed by atoms with Gasteiger partial charge in [0.1, 0.15) is 68.1 Å². The van der Waals surface area contributed by atoms with E-state index in [1.165, 1.54) is 24.3 Å². The SMILES string of the molecule is COc1ccc(Cn2nc(N3CCC[C@@H](NC(=O)OC(C)(C)C)C3)c3c(Oc4ccc(C(=O)Nc5cc(C(F)(F)F)ccn5)cc4)ccnc32)cc1.COc1ccc(Cn2nc(N3CCC[C@@H](NC(=O)OC(C)(C)C)C3)c3c(Oc4ccc(C(=O)O)cc4)ccnc32)cc1.Nc1cc(C(F)(F)F)ccn1. The second-order valence-corrected chi connectivity index (χ2v) is 26.4. The van der Waals surface area contributed by atoms with Crippen LogP contribution in [0, 0.1) is 0 Å². The minimum absolute atomic E-state index is 0.125. The summed E-state index contributed by atoms with van der Waals surface area (Å²) in [6, 6.07) is 34.3. The van der Waals surface area contributed by atoms with Crippen molar-refractivity contribution >= 4 is 69.4 Å². The number of carbonyl (C=O) groups excluding carboxylic acids is 3. The third-order valence-corrected chi connectivity index (χ3v) is 16.1. The number of methoxy groups -OCH3 is 2. The van der Waals surface area contributed by atoms with Crippen LogP contribution in [0.3, 0.4) is 0 Å². The molecule has 2 saturated heterocycles. The number of carboxylic acid groups (broad SMARTS) is 1. The number of alkyl halides is 6. The lowest BCUT2D eigenvalue weighted by Crippen LogP contribution is -2.49. The summed E-state index contributed by atoms with van der Waals surface area (Å²) in [5, 5.41) is 29.1. The van der Waals surface area contributed by atoms with Gasteiger partial charge in [-0.1, -0.05) is 24.3 Å². The van der Waals surface area contributed by atoms with Crippen LogP contribution in [0.1, 0.15) is 110 Å². The van der Waals surface area contributed by atoms with E-state index < -0.39 is 58.7 Å². The van der Waals surface area contributed by atoms with Crippen molar-refractivity contribution in [3.63, 3.8) is 0 Å². The Morgan fingerprint density at radius 1 is 0.524 bits per heavy atom. The second-order valence-electron chi connectivity index (χ2n) is 26.4. The first-order chi connectivity index (χ1) is 49.8. The van der Waals surface area contributed by atoms with Crippen molar-refractivity contribution in [3.8, 4) is 34.5 Å². The monoisotopic (exact) mass is 1450 g/mol. The van der Waals surface area contributed by atoms with Crippen LogP contribution < -0.4 is 50.4 Å². The van der Waals surface area contributed by atoms with Gasteiger partial charge in [-0.2, -0.15) is 36.5 Å². The zero-order valence-corrected chi connectivity index (χ0v) is 58.6. The molecule has 10 aromatic rings. The molecule has 0 saturated carbocycles. The largest absolute Gasteiger partial charge is 0.497 e. The molecule has 0 bridgehead atoms. The van der Waals surface area contributed by atoms with Crippen molar-refractivity contribution in [2.75, 3.05) is 61.2 Å². The van der Waals surface area contributed by atoms with E-state index in [4.69, 9.17) is 44.4 Å². The quantitative estimate of drug-likeness (QED) is 0.0529. The van der Waals surface area contributed by atoms with Gasteiger partial charge >= 0.3 is 30.5 Å². The summed E-state index contributed by atoms with van der Waals surface area (Å²) in [7, 11) is 3.24. The molecule has 8 heterocycles. The number of anilines is 4. The third kappa shape index (κ3) is 20.7. The topological polar surface area (TPSA) is 300 Å². The zero-order valence-electron chi connectivity index (χ0n) is 58.6. The molecule has 0 aliphatic carbocycles. The number of carbonyl (C=O) groups is 4. The number of aromatic carboxylic acids is 1. The van der Waals surface area contributed by atoms with Gasteiger partial charge in [0, 0.05) is 80.7 Å². The van der Waals surface area contributed by atoms with Crippen LogP contribution in [0.25, 0.3) is 22.1 Å².